The first-order valence-electron chi connectivity index (χ1n) is 1.54. The highest BCUT2D eigenvalue weighted by Gasteiger charge is 1.86. The smallest absolute Gasteiger partial charge is 0.0888 e. The molecule has 5 heavy (non-hydrogen) atoms. The van der Waals surface area contributed by atoms with E-state index >= 15 is 0 Å². The molecule has 0 spiro atoms. The fraction of sp³-hybridized carbons (Fsp3) is 1.00. The first-order valence-corrected chi connectivity index (χ1v) is 6.97. The third-order valence-electron chi connectivity index (χ3n) is 0.178. The summed E-state index contributed by atoms with van der Waals surface area (Å²) in [5, 5.41) is 0. The predicted molar refractivity (Wildman–Crippen MR) is 32.3 cm³/mol. The van der Waals surface area contributed by atoms with Crippen molar-refractivity contribution >= 4 is 29.1 Å². The van der Waals surface area contributed by atoms with Crippen molar-refractivity contribution in [3.8, 4) is 0 Å². The Morgan fingerprint density at radius 1 is 1.60 bits per heavy atom. The van der Waals surface area contributed by atoms with Crippen LogP contribution in [-0.2, 0) is 0 Å². The zero-order valence-corrected chi connectivity index (χ0v) is 6.09. The van der Waals surface area contributed by atoms with Crippen LogP contribution in [0.15, 0.2) is 0 Å². The van der Waals surface area contributed by atoms with Crippen molar-refractivity contribution in [3.63, 3.8) is 0 Å². The Morgan fingerprint density at radius 3 is 1.80 bits per heavy atom. The van der Waals surface area contributed by atoms with Crippen molar-refractivity contribution in [1.29, 1.82) is 0 Å². The highest BCUT2D eigenvalue weighted by molar-refractivity contribution is 8.41. The van der Waals surface area contributed by atoms with Crippen LogP contribution in [0.4, 0.5) is 0 Å². The van der Waals surface area contributed by atoms with E-state index < -0.39 is 7.95 Å². The van der Waals surface area contributed by atoms with E-state index in [4.69, 9.17) is 10.7 Å². The molecule has 3 heteroatoms. The van der Waals surface area contributed by atoms with Gasteiger partial charge in [-0.15, -0.1) is 0 Å². The molecule has 0 aliphatic rings. The Balaban J connectivity index is 2.54. The van der Waals surface area contributed by atoms with Gasteiger partial charge in [0.1, 0.15) is 7.95 Å². The molecule has 32 valence electrons. The molecule has 0 fully saturated rings. The molecule has 0 heterocycles. The fourth-order valence-corrected chi connectivity index (χ4v) is 0. The lowest BCUT2D eigenvalue weighted by Gasteiger charge is -1.84. The molecule has 0 bridgehead atoms. The van der Waals surface area contributed by atoms with Crippen LogP contribution in [0.3, 0.4) is 0 Å². The summed E-state index contributed by atoms with van der Waals surface area (Å²) in [5.74, 6) is 0. The molecule has 0 saturated carbocycles. The van der Waals surface area contributed by atoms with Gasteiger partial charge in [-0.2, -0.15) is 0 Å². The van der Waals surface area contributed by atoms with E-state index in [-0.39, 0.29) is 0 Å². The van der Waals surface area contributed by atoms with Crippen LogP contribution in [0.1, 0.15) is 0 Å². The molecule has 0 aromatic heterocycles. The monoisotopic (exact) mass is 126 g/mol. The van der Waals surface area contributed by atoms with Gasteiger partial charge in [-0.3, -0.25) is 0 Å². The summed E-state index contributed by atoms with van der Waals surface area (Å²) in [7, 11) is 6.34. The summed E-state index contributed by atoms with van der Waals surface area (Å²) in [6, 6.07) is 0. The van der Waals surface area contributed by atoms with Gasteiger partial charge in [0, 0.05) is 0 Å². The van der Waals surface area contributed by atoms with E-state index in [0.29, 0.717) is 0 Å². The second kappa shape index (κ2) is 3.06. The van der Waals surface area contributed by atoms with Crippen molar-refractivity contribution < 1.29 is 0 Å². The molecule has 0 unspecified atom stereocenters. The lowest BCUT2D eigenvalue weighted by Crippen LogP contribution is -1.83. The number of hydrogen-bond donors (Lipinski definition) is 0. The molecule has 0 N–H and O–H groups in total. The Labute approximate surface area is 42.7 Å². The number of halogens is 1. The van der Waals surface area contributed by atoms with Gasteiger partial charge >= 0.3 is 0 Å². The summed E-state index contributed by atoms with van der Waals surface area (Å²) in [4.78, 5) is 0. The van der Waals surface area contributed by atoms with E-state index in [0.717, 1.165) is 0 Å². The average molecular weight is 127 g/mol. The topological polar surface area (TPSA) is 0 Å². The minimum atomic E-state index is -0.468. The van der Waals surface area contributed by atoms with Gasteiger partial charge in [0.2, 0.25) is 0 Å². The van der Waals surface area contributed by atoms with Gasteiger partial charge in [0.25, 0.3) is 0 Å². The van der Waals surface area contributed by atoms with Crippen molar-refractivity contribution in [3.05, 3.63) is 0 Å². The number of rotatable bonds is 1. The summed E-state index contributed by atoms with van der Waals surface area (Å²) in [6.45, 7) is 4.38. The summed E-state index contributed by atoms with van der Waals surface area (Å²) >= 11 is 0. The third kappa shape index (κ3) is 4.86. The van der Waals surface area contributed by atoms with E-state index in [2.05, 4.69) is 13.1 Å². The lowest BCUT2D eigenvalue weighted by molar-refractivity contribution is 2.11. The van der Waals surface area contributed by atoms with Crippen molar-refractivity contribution in [2.75, 3.05) is 0 Å². The Hall–Kier alpha value is 0.857. The van der Waals surface area contributed by atoms with Crippen LogP contribution >= 0.6 is 21.1 Å². The highest BCUT2D eigenvalue weighted by Crippen LogP contribution is 2.08. The quantitative estimate of drug-likeness (QED) is 0.484. The predicted octanol–water partition coefficient (Wildman–Crippen LogP) is 1.86. The highest BCUT2D eigenvalue weighted by atomic mass is 35.7. The first-order chi connectivity index (χ1) is 2.27. The molecular weight excluding hydrogens is 120 g/mol. The second-order valence-electron chi connectivity index (χ2n) is 1.14. The molecule has 0 saturated heterocycles. The van der Waals surface area contributed by atoms with Gasteiger partial charge in [0.15, 0.2) is 0 Å². The molecule has 0 radical (unpaired) electrons. The van der Waals surface area contributed by atoms with Gasteiger partial charge in [-0.25, -0.2) is 0 Å². The van der Waals surface area contributed by atoms with Crippen molar-refractivity contribution in [1.82, 2.24) is 0 Å². The van der Waals surface area contributed by atoms with Crippen LogP contribution in [0.5, 0.6) is 0 Å². The summed E-state index contributed by atoms with van der Waals surface area (Å²) < 4.78 is 0. The van der Waals surface area contributed by atoms with E-state index in [9.17, 15) is 0 Å². The third-order valence-corrected chi connectivity index (χ3v) is 4.81. The lowest BCUT2D eigenvalue weighted by atomic mass is 11.9. The van der Waals surface area contributed by atoms with E-state index in [1.165, 1.54) is 10.4 Å². The van der Waals surface area contributed by atoms with Crippen LogP contribution < -0.4 is 0 Å². The molecule has 0 aliphatic carbocycles. The second-order valence-corrected chi connectivity index (χ2v) is 8.38. The molecule has 0 rings (SSSR count). The molecule has 0 aliphatic heterocycles. The largest absolute Gasteiger partial charge is 0.116 e. The zero-order valence-electron chi connectivity index (χ0n) is 3.36. The number of hydrogen-bond acceptors (Lipinski definition) is 1. The minimum Gasteiger partial charge on any atom is -0.0888 e. The van der Waals surface area contributed by atoms with Crippen LogP contribution in [-0.4, -0.2) is 7.95 Å². The standard InChI is InChI=1S/C2H7ClSSi/c1-5(2)4-3/h5H,1-2H3. The van der Waals surface area contributed by atoms with E-state index in [1.807, 2.05) is 0 Å². The normalized spacial score (nSPS) is 9.60. The van der Waals surface area contributed by atoms with Crippen LogP contribution in [0.25, 0.3) is 0 Å². The Kier molecular flexibility index (Phi) is 3.59. The van der Waals surface area contributed by atoms with Crippen molar-refractivity contribution in [2.45, 2.75) is 13.1 Å². The molecule has 0 aromatic rings. The van der Waals surface area contributed by atoms with Gasteiger partial charge in [0.05, 0.1) is 0 Å². The van der Waals surface area contributed by atoms with Crippen molar-refractivity contribution in [2.24, 2.45) is 0 Å². The minimum absolute atomic E-state index is 0.468. The van der Waals surface area contributed by atoms with Crippen LogP contribution in [0, 0.1) is 0 Å². The van der Waals surface area contributed by atoms with Gasteiger partial charge < -0.3 is 0 Å². The molecule has 0 aromatic carbocycles. The average Bonchev–Trinajstić information content (AvgIpc) is 1.38. The van der Waals surface area contributed by atoms with Gasteiger partial charge in [-0.1, -0.05) is 34.2 Å². The Bertz CT molecular complexity index is 23.6. The van der Waals surface area contributed by atoms with Crippen LogP contribution in [0.2, 0.25) is 13.1 Å². The fourth-order valence-electron chi connectivity index (χ4n) is 0. The molecular formula is C2H7ClSSi. The molecule has 0 amide bonds. The first kappa shape index (κ1) is 5.86. The maximum Gasteiger partial charge on any atom is 0.116 e. The SMILES string of the molecule is C[SiH](C)SCl. The molecule has 0 atom stereocenters. The van der Waals surface area contributed by atoms with Gasteiger partial charge in [-0.05, 0) is 0 Å². The zero-order chi connectivity index (χ0) is 4.28. The summed E-state index contributed by atoms with van der Waals surface area (Å²) in [5.41, 5.74) is 0. The maximum absolute atomic E-state index is 5.31. The maximum atomic E-state index is 5.31. The summed E-state index contributed by atoms with van der Waals surface area (Å²) in [6.07, 6.45) is 0. The Morgan fingerprint density at radius 2 is 1.80 bits per heavy atom. The molecule has 0 nitrogen and oxygen atoms in total. The van der Waals surface area contributed by atoms with E-state index in [1.54, 1.807) is 0 Å².